The van der Waals surface area contributed by atoms with E-state index in [0.717, 1.165) is 40.3 Å². The summed E-state index contributed by atoms with van der Waals surface area (Å²) in [6, 6.07) is 28.6. The van der Waals surface area contributed by atoms with Crippen LogP contribution in [0.5, 0.6) is 5.75 Å². The van der Waals surface area contributed by atoms with Crippen molar-refractivity contribution in [3.8, 4) is 5.75 Å². The van der Waals surface area contributed by atoms with Crippen LogP contribution in [0.25, 0.3) is 0 Å². The van der Waals surface area contributed by atoms with E-state index in [1.807, 2.05) is 73.7 Å². The van der Waals surface area contributed by atoms with Crippen molar-refractivity contribution < 1.29 is 27.5 Å². The molecule has 5 nitrogen and oxygen atoms in total. The van der Waals surface area contributed by atoms with Crippen LogP contribution in [0.15, 0.2) is 113 Å². The molecule has 0 fully saturated rings. The van der Waals surface area contributed by atoms with Crippen molar-refractivity contribution in [1.82, 2.24) is 0 Å². The Kier molecular flexibility index (Phi) is 10.7. The second-order valence-electron chi connectivity index (χ2n) is 9.54. The van der Waals surface area contributed by atoms with Crippen molar-refractivity contribution in [3.05, 3.63) is 114 Å². The lowest BCUT2D eigenvalue weighted by atomic mass is 10.1. The maximum atomic E-state index is 13.4. The van der Waals surface area contributed by atoms with Gasteiger partial charge in [0, 0.05) is 34.1 Å². The lowest BCUT2D eigenvalue weighted by Gasteiger charge is -2.24. The number of rotatable bonds is 11. The van der Waals surface area contributed by atoms with E-state index in [2.05, 4.69) is 5.32 Å². The van der Waals surface area contributed by atoms with E-state index in [0.29, 0.717) is 30.8 Å². The van der Waals surface area contributed by atoms with E-state index in [4.69, 9.17) is 4.74 Å². The molecule has 218 valence electrons. The second kappa shape index (κ2) is 14.6. The molecule has 0 heterocycles. The maximum absolute atomic E-state index is 13.4. The van der Waals surface area contributed by atoms with Gasteiger partial charge in [-0.1, -0.05) is 55.1 Å². The Bertz CT molecular complexity index is 1460. The summed E-state index contributed by atoms with van der Waals surface area (Å²) in [5, 5.41) is 2.74. The molecule has 2 amide bonds. The van der Waals surface area contributed by atoms with Gasteiger partial charge in [0.2, 0.25) is 0 Å². The molecule has 0 unspecified atom stereocenters. The molecule has 0 radical (unpaired) electrons. The summed E-state index contributed by atoms with van der Waals surface area (Å²) >= 11 is 1.49. The van der Waals surface area contributed by atoms with E-state index in [1.165, 1.54) is 23.9 Å². The first kappa shape index (κ1) is 30.7. The molecule has 0 aliphatic carbocycles. The number of carbonyl (C=O) groups excluding carboxylic acids is 2. The maximum Gasteiger partial charge on any atom is 0.416 e. The summed E-state index contributed by atoms with van der Waals surface area (Å²) in [6.07, 6.45) is -1.94. The van der Waals surface area contributed by atoms with Gasteiger partial charge in [-0.25, -0.2) is 4.79 Å². The van der Waals surface area contributed by atoms with Crippen molar-refractivity contribution >= 4 is 35.1 Å². The standard InChI is InChI=1S/C33H31F3N2O3S/c1-2-8-31(39)41-28-18-20-29(21-19-28)42-30-13-6-12-27(23-30)38(22-7-11-24-9-4-3-5-10-24)32(40)37-26-16-14-25(15-17-26)33(34,35)36/h3-6,9-10,12-21,23H,2,7-8,11,22H2,1H3,(H,37,40). The molecule has 0 aliphatic heterocycles. The van der Waals surface area contributed by atoms with Crippen LogP contribution in [0.3, 0.4) is 0 Å². The van der Waals surface area contributed by atoms with Gasteiger partial charge in [-0.15, -0.1) is 0 Å². The summed E-state index contributed by atoms with van der Waals surface area (Å²) < 4.78 is 44.3. The highest BCUT2D eigenvalue weighted by Crippen LogP contribution is 2.33. The molecule has 4 aromatic rings. The minimum atomic E-state index is -4.45. The molecular weight excluding hydrogens is 561 g/mol. The molecule has 0 aliphatic rings. The third-order valence-electron chi connectivity index (χ3n) is 6.27. The fraction of sp³-hybridized carbons (Fsp3) is 0.212. The number of ether oxygens (including phenoxy) is 1. The lowest BCUT2D eigenvalue weighted by molar-refractivity contribution is -0.137. The number of esters is 1. The number of hydrogen-bond acceptors (Lipinski definition) is 4. The summed E-state index contributed by atoms with van der Waals surface area (Å²) in [5.74, 6) is 0.212. The number of urea groups is 1. The number of benzene rings is 4. The van der Waals surface area contributed by atoms with Gasteiger partial charge in [0.25, 0.3) is 0 Å². The summed E-state index contributed by atoms with van der Waals surface area (Å²) in [6.45, 7) is 2.31. The topological polar surface area (TPSA) is 58.6 Å². The number of alkyl halides is 3. The zero-order valence-electron chi connectivity index (χ0n) is 23.1. The van der Waals surface area contributed by atoms with Crippen LogP contribution in [0.4, 0.5) is 29.3 Å². The zero-order valence-corrected chi connectivity index (χ0v) is 23.9. The predicted octanol–water partition coefficient (Wildman–Crippen LogP) is 9.23. The zero-order chi connectivity index (χ0) is 30.0. The van der Waals surface area contributed by atoms with Crippen LogP contribution < -0.4 is 15.0 Å². The highest BCUT2D eigenvalue weighted by Gasteiger charge is 2.30. The van der Waals surface area contributed by atoms with Gasteiger partial charge in [-0.3, -0.25) is 9.69 Å². The average molecular weight is 593 g/mol. The van der Waals surface area contributed by atoms with Gasteiger partial charge in [-0.05, 0) is 91.6 Å². The Morgan fingerprint density at radius 2 is 1.57 bits per heavy atom. The summed E-state index contributed by atoms with van der Waals surface area (Å²) in [4.78, 5) is 28.6. The Morgan fingerprint density at radius 3 is 2.24 bits per heavy atom. The van der Waals surface area contributed by atoms with Crippen LogP contribution in [-0.4, -0.2) is 18.5 Å². The third kappa shape index (κ3) is 9.14. The summed E-state index contributed by atoms with van der Waals surface area (Å²) in [7, 11) is 0. The van der Waals surface area contributed by atoms with Crippen LogP contribution in [0, 0.1) is 0 Å². The molecule has 0 atom stereocenters. The van der Waals surface area contributed by atoms with Gasteiger partial charge < -0.3 is 10.1 Å². The molecular formula is C33H31F3N2O3S. The van der Waals surface area contributed by atoms with Crippen molar-refractivity contribution in [2.24, 2.45) is 0 Å². The van der Waals surface area contributed by atoms with Crippen LogP contribution in [0.2, 0.25) is 0 Å². The molecule has 0 spiro atoms. The quantitative estimate of drug-likeness (QED) is 0.139. The number of nitrogens with one attached hydrogen (secondary N) is 1. The van der Waals surface area contributed by atoms with Gasteiger partial charge in [0.15, 0.2) is 0 Å². The van der Waals surface area contributed by atoms with Gasteiger partial charge >= 0.3 is 18.2 Å². The first-order valence-electron chi connectivity index (χ1n) is 13.6. The van der Waals surface area contributed by atoms with Crippen molar-refractivity contribution in [2.45, 2.75) is 48.6 Å². The van der Waals surface area contributed by atoms with Crippen LogP contribution in [-0.2, 0) is 17.4 Å². The normalized spacial score (nSPS) is 11.1. The smallest absolute Gasteiger partial charge is 0.416 e. The highest BCUT2D eigenvalue weighted by atomic mass is 32.2. The van der Waals surface area contributed by atoms with Crippen molar-refractivity contribution in [2.75, 3.05) is 16.8 Å². The van der Waals surface area contributed by atoms with E-state index >= 15 is 0 Å². The van der Waals surface area contributed by atoms with E-state index in [-0.39, 0.29) is 11.7 Å². The molecule has 9 heteroatoms. The largest absolute Gasteiger partial charge is 0.427 e. The average Bonchev–Trinajstić information content (AvgIpc) is 2.97. The van der Waals surface area contributed by atoms with Crippen molar-refractivity contribution in [1.29, 1.82) is 0 Å². The molecule has 4 rings (SSSR count). The van der Waals surface area contributed by atoms with Crippen molar-refractivity contribution in [3.63, 3.8) is 0 Å². The number of halogens is 3. The Labute approximate surface area is 247 Å². The first-order chi connectivity index (χ1) is 20.2. The number of anilines is 2. The molecule has 0 bridgehead atoms. The van der Waals surface area contributed by atoms with E-state index in [9.17, 15) is 22.8 Å². The molecule has 0 saturated heterocycles. The van der Waals surface area contributed by atoms with Crippen LogP contribution >= 0.6 is 11.8 Å². The SMILES string of the molecule is CCCC(=O)Oc1ccc(Sc2cccc(N(CCCc3ccccc3)C(=O)Nc3ccc(C(F)(F)F)cc3)c2)cc1. The molecule has 42 heavy (non-hydrogen) atoms. The number of nitrogens with zero attached hydrogens (tertiary/aromatic N) is 1. The van der Waals surface area contributed by atoms with Gasteiger partial charge in [-0.2, -0.15) is 13.2 Å². The minimum Gasteiger partial charge on any atom is -0.427 e. The Morgan fingerprint density at radius 1 is 0.857 bits per heavy atom. The number of amides is 2. The number of carbonyl (C=O) groups is 2. The Balaban J connectivity index is 1.49. The fourth-order valence-electron chi connectivity index (χ4n) is 4.18. The lowest BCUT2D eigenvalue weighted by Crippen LogP contribution is -2.36. The van der Waals surface area contributed by atoms with Crippen LogP contribution in [0.1, 0.15) is 37.3 Å². The minimum absolute atomic E-state index is 0.270. The van der Waals surface area contributed by atoms with Gasteiger partial charge in [0.1, 0.15) is 5.75 Å². The first-order valence-corrected chi connectivity index (χ1v) is 14.4. The molecule has 1 N–H and O–H groups in total. The van der Waals surface area contributed by atoms with Gasteiger partial charge in [0.05, 0.1) is 5.56 Å². The Hall–Kier alpha value is -4.24. The second-order valence-corrected chi connectivity index (χ2v) is 10.7. The summed E-state index contributed by atoms with van der Waals surface area (Å²) in [5.41, 5.74) is 1.29. The predicted molar refractivity (Wildman–Crippen MR) is 160 cm³/mol. The number of aryl methyl sites for hydroxylation is 1. The monoisotopic (exact) mass is 592 g/mol. The molecule has 4 aromatic carbocycles. The third-order valence-corrected chi connectivity index (χ3v) is 7.27. The molecule has 0 saturated carbocycles. The fourth-order valence-corrected chi connectivity index (χ4v) is 5.05. The highest BCUT2D eigenvalue weighted by molar-refractivity contribution is 7.99. The number of hydrogen-bond donors (Lipinski definition) is 1. The molecule has 0 aromatic heterocycles. The van der Waals surface area contributed by atoms with E-state index in [1.54, 1.807) is 17.0 Å². The van der Waals surface area contributed by atoms with E-state index < -0.39 is 17.8 Å².